The van der Waals surface area contributed by atoms with E-state index in [0.29, 0.717) is 19.3 Å². The van der Waals surface area contributed by atoms with Crippen LogP contribution in [0.1, 0.15) is 271 Å². The lowest BCUT2D eigenvalue weighted by Crippen LogP contribution is -2.30. The van der Waals surface area contributed by atoms with Gasteiger partial charge in [-0.05, 0) is 83.5 Å². The van der Waals surface area contributed by atoms with Gasteiger partial charge in [0.25, 0.3) is 0 Å². The topological polar surface area (TPSA) is 78.9 Å². The first-order valence-corrected chi connectivity index (χ1v) is 26.6. The third kappa shape index (κ3) is 48.4. The normalized spacial score (nSPS) is 12.4. The molecule has 62 heavy (non-hydrogen) atoms. The second kappa shape index (κ2) is 51.0. The molecule has 0 aliphatic carbocycles. The van der Waals surface area contributed by atoms with E-state index in [1.807, 2.05) is 0 Å². The lowest BCUT2D eigenvalue weighted by atomic mass is 10.1. The van der Waals surface area contributed by atoms with Crippen LogP contribution in [0, 0.1) is 0 Å². The molecule has 0 fully saturated rings. The van der Waals surface area contributed by atoms with Crippen LogP contribution in [0.2, 0.25) is 0 Å². The Morgan fingerprint density at radius 2 is 0.581 bits per heavy atom. The van der Waals surface area contributed by atoms with Crippen molar-refractivity contribution in [1.82, 2.24) is 0 Å². The largest absolute Gasteiger partial charge is 0.462 e. The van der Waals surface area contributed by atoms with Gasteiger partial charge in [0.15, 0.2) is 6.10 Å². The first kappa shape index (κ1) is 59.4. The molecule has 0 saturated carbocycles. The maximum absolute atomic E-state index is 12.8. The number of carbonyl (C=O) groups is 3. The molecule has 1 unspecified atom stereocenters. The van der Waals surface area contributed by atoms with E-state index in [4.69, 9.17) is 14.2 Å². The SMILES string of the molecule is CCCCC/C=C\C/C=C\CCCCCCCCCC(=O)OC(COC(=O)CCCCCCCCC/C=C\C/C=C\CCCCCC)COC(=O)CCCCCCCCCCC. The predicted molar refractivity (Wildman–Crippen MR) is 265 cm³/mol. The van der Waals surface area contributed by atoms with Crippen LogP contribution in [-0.4, -0.2) is 37.2 Å². The van der Waals surface area contributed by atoms with E-state index in [0.717, 1.165) is 83.5 Å². The van der Waals surface area contributed by atoms with Crippen LogP contribution in [-0.2, 0) is 28.6 Å². The Kier molecular flexibility index (Phi) is 48.8. The van der Waals surface area contributed by atoms with Crippen molar-refractivity contribution in [2.45, 2.75) is 277 Å². The van der Waals surface area contributed by atoms with E-state index in [-0.39, 0.29) is 31.1 Å². The molecule has 360 valence electrons. The molecule has 0 N–H and O–H groups in total. The summed E-state index contributed by atoms with van der Waals surface area (Å²) in [5.41, 5.74) is 0. The number of carbonyl (C=O) groups excluding carboxylic acids is 3. The first-order chi connectivity index (χ1) is 30.5. The van der Waals surface area contributed by atoms with E-state index < -0.39 is 6.10 Å². The summed E-state index contributed by atoms with van der Waals surface area (Å²) in [6, 6.07) is 0. The summed E-state index contributed by atoms with van der Waals surface area (Å²) >= 11 is 0. The van der Waals surface area contributed by atoms with Crippen LogP contribution in [0.4, 0.5) is 0 Å². The third-order valence-corrected chi connectivity index (χ3v) is 11.6. The number of allylic oxidation sites excluding steroid dienone is 8. The molecule has 0 aromatic carbocycles. The molecular weight excluding hydrogens is 769 g/mol. The average molecular weight is 869 g/mol. The van der Waals surface area contributed by atoms with Crippen molar-refractivity contribution in [2.24, 2.45) is 0 Å². The molecule has 0 aromatic heterocycles. The van der Waals surface area contributed by atoms with Gasteiger partial charge in [0, 0.05) is 19.3 Å². The zero-order valence-corrected chi connectivity index (χ0v) is 41.1. The highest BCUT2D eigenvalue weighted by Gasteiger charge is 2.19. The second-order valence-corrected chi connectivity index (χ2v) is 17.8. The molecule has 1 atom stereocenters. The molecule has 0 heterocycles. The zero-order valence-electron chi connectivity index (χ0n) is 41.1. The number of unbranched alkanes of at least 4 members (excludes halogenated alkanes) is 29. The van der Waals surface area contributed by atoms with E-state index >= 15 is 0 Å². The van der Waals surface area contributed by atoms with Gasteiger partial charge in [0.2, 0.25) is 0 Å². The van der Waals surface area contributed by atoms with E-state index in [2.05, 4.69) is 69.4 Å². The number of esters is 3. The summed E-state index contributed by atoms with van der Waals surface area (Å²) < 4.78 is 16.8. The minimum absolute atomic E-state index is 0.0771. The second-order valence-electron chi connectivity index (χ2n) is 17.8. The van der Waals surface area contributed by atoms with Crippen molar-refractivity contribution in [3.05, 3.63) is 48.6 Å². The maximum atomic E-state index is 12.8. The number of ether oxygens (including phenoxy) is 3. The molecular formula is C56H100O6. The standard InChI is InChI=1S/C56H100O6/c1-4-7-10-13-16-19-21-23-25-27-29-30-32-34-37-40-43-46-49-55(58)61-52-53(51-60-54(57)48-45-42-39-36-18-15-12-9-6-3)62-56(59)50-47-44-41-38-35-33-31-28-26-24-22-20-17-14-11-8-5-2/h17,19-21,24-27,53H,4-16,18,22-23,28-52H2,1-3H3/b20-17-,21-19-,26-24-,27-25-. The van der Waals surface area contributed by atoms with Gasteiger partial charge in [0.05, 0.1) is 0 Å². The Labute approximate surface area is 384 Å². The van der Waals surface area contributed by atoms with Crippen LogP contribution < -0.4 is 0 Å². The Hall–Kier alpha value is -2.63. The Bertz CT molecular complexity index is 1090. The van der Waals surface area contributed by atoms with Crippen LogP contribution in [0.5, 0.6) is 0 Å². The quantitative estimate of drug-likeness (QED) is 0.0262. The summed E-state index contributed by atoms with van der Waals surface area (Å²) in [6.45, 7) is 6.58. The zero-order chi connectivity index (χ0) is 45.1. The van der Waals surface area contributed by atoms with Crippen LogP contribution in [0.15, 0.2) is 48.6 Å². The summed E-state index contributed by atoms with van der Waals surface area (Å²) in [5.74, 6) is -0.888. The van der Waals surface area contributed by atoms with Crippen molar-refractivity contribution in [3.63, 3.8) is 0 Å². The maximum Gasteiger partial charge on any atom is 0.306 e. The molecule has 0 amide bonds. The Balaban J connectivity index is 4.32. The summed E-state index contributed by atoms with van der Waals surface area (Å²) in [5, 5.41) is 0. The van der Waals surface area contributed by atoms with Crippen molar-refractivity contribution >= 4 is 17.9 Å². The molecule has 0 aliphatic rings. The molecule has 6 heteroatoms. The van der Waals surface area contributed by atoms with E-state index in [1.54, 1.807) is 0 Å². The smallest absolute Gasteiger partial charge is 0.306 e. The number of hydrogen-bond acceptors (Lipinski definition) is 6. The van der Waals surface area contributed by atoms with Crippen molar-refractivity contribution < 1.29 is 28.6 Å². The van der Waals surface area contributed by atoms with Gasteiger partial charge in [0.1, 0.15) is 13.2 Å². The molecule has 0 bridgehead atoms. The van der Waals surface area contributed by atoms with Gasteiger partial charge < -0.3 is 14.2 Å². The summed E-state index contributed by atoms with van der Waals surface area (Å²) in [7, 11) is 0. The van der Waals surface area contributed by atoms with Crippen LogP contribution in [0.25, 0.3) is 0 Å². The van der Waals surface area contributed by atoms with Gasteiger partial charge in [-0.15, -0.1) is 0 Å². The molecule has 0 aliphatic heterocycles. The van der Waals surface area contributed by atoms with E-state index in [9.17, 15) is 14.4 Å². The van der Waals surface area contributed by atoms with Gasteiger partial charge >= 0.3 is 17.9 Å². The molecule has 0 rings (SSSR count). The van der Waals surface area contributed by atoms with Gasteiger partial charge in [-0.1, -0.05) is 217 Å². The third-order valence-electron chi connectivity index (χ3n) is 11.6. The highest BCUT2D eigenvalue weighted by atomic mass is 16.6. The fourth-order valence-corrected chi connectivity index (χ4v) is 7.50. The Morgan fingerprint density at radius 3 is 0.935 bits per heavy atom. The van der Waals surface area contributed by atoms with Crippen LogP contribution >= 0.6 is 0 Å². The molecule has 6 nitrogen and oxygen atoms in total. The fraction of sp³-hybridized carbons (Fsp3) is 0.804. The average Bonchev–Trinajstić information content (AvgIpc) is 3.27. The monoisotopic (exact) mass is 869 g/mol. The van der Waals surface area contributed by atoms with Crippen LogP contribution in [0.3, 0.4) is 0 Å². The molecule has 0 spiro atoms. The minimum Gasteiger partial charge on any atom is -0.462 e. The lowest BCUT2D eigenvalue weighted by molar-refractivity contribution is -0.167. The first-order valence-electron chi connectivity index (χ1n) is 26.6. The van der Waals surface area contributed by atoms with Gasteiger partial charge in [-0.3, -0.25) is 14.4 Å². The predicted octanol–water partition coefficient (Wildman–Crippen LogP) is 17.5. The minimum atomic E-state index is -0.777. The number of hydrogen-bond donors (Lipinski definition) is 0. The highest BCUT2D eigenvalue weighted by molar-refractivity contribution is 5.71. The Morgan fingerprint density at radius 1 is 0.323 bits per heavy atom. The lowest BCUT2D eigenvalue weighted by Gasteiger charge is -2.18. The van der Waals surface area contributed by atoms with Crippen molar-refractivity contribution in [2.75, 3.05) is 13.2 Å². The van der Waals surface area contributed by atoms with E-state index in [1.165, 1.54) is 148 Å². The molecule has 0 saturated heterocycles. The number of rotatable bonds is 48. The van der Waals surface area contributed by atoms with Crippen molar-refractivity contribution in [3.8, 4) is 0 Å². The molecule has 0 radical (unpaired) electrons. The van der Waals surface area contributed by atoms with Crippen molar-refractivity contribution in [1.29, 1.82) is 0 Å². The fourth-order valence-electron chi connectivity index (χ4n) is 7.50. The summed E-state index contributed by atoms with van der Waals surface area (Å²) in [4.78, 5) is 37.9. The highest BCUT2D eigenvalue weighted by Crippen LogP contribution is 2.15. The molecule has 0 aromatic rings. The van der Waals surface area contributed by atoms with Gasteiger partial charge in [-0.2, -0.15) is 0 Å². The van der Waals surface area contributed by atoms with Gasteiger partial charge in [-0.25, -0.2) is 0 Å². The summed E-state index contributed by atoms with van der Waals surface area (Å²) in [6.07, 6.45) is 60.9.